The number of nitrogens with zero attached hydrogens (tertiary/aromatic N) is 1. The Kier molecular flexibility index (Phi) is 5.76. The number of hydrazine groups is 1. The maximum absolute atomic E-state index is 10.9. The zero-order valence-electron chi connectivity index (χ0n) is 9.00. The molecule has 4 heteroatoms. The molecule has 15 heavy (non-hydrogen) atoms. The molecular weight excluding hydrogens is 190 g/mol. The van der Waals surface area contributed by atoms with E-state index in [0.29, 0.717) is 5.70 Å². The van der Waals surface area contributed by atoms with E-state index in [9.17, 15) is 4.79 Å². The van der Waals surface area contributed by atoms with E-state index in [-0.39, 0.29) is 5.78 Å². The van der Waals surface area contributed by atoms with Crippen LogP contribution in [0.5, 0.6) is 0 Å². The molecule has 0 aliphatic carbocycles. The number of hydrogen-bond acceptors (Lipinski definition) is 4. The van der Waals surface area contributed by atoms with Gasteiger partial charge in [0.15, 0.2) is 11.8 Å². The summed E-state index contributed by atoms with van der Waals surface area (Å²) in [4.78, 5) is 10.9. The van der Waals surface area contributed by atoms with E-state index >= 15 is 0 Å². The molecule has 1 unspecified atom stereocenters. The van der Waals surface area contributed by atoms with E-state index in [2.05, 4.69) is 24.0 Å². The third-order valence-corrected chi connectivity index (χ3v) is 1.63. The highest BCUT2D eigenvalue weighted by Crippen LogP contribution is 2.01. The van der Waals surface area contributed by atoms with E-state index < -0.39 is 6.04 Å². The number of carbonyl (C=O) groups is 1. The third kappa shape index (κ3) is 4.79. The first-order chi connectivity index (χ1) is 7.02. The third-order valence-electron chi connectivity index (χ3n) is 1.63. The van der Waals surface area contributed by atoms with Gasteiger partial charge in [-0.05, 0) is 25.5 Å². The lowest BCUT2D eigenvalue weighted by Crippen LogP contribution is -2.43. The minimum absolute atomic E-state index is 0.246. The van der Waals surface area contributed by atoms with Gasteiger partial charge in [0.05, 0.1) is 11.8 Å². The fraction of sp³-hybridized carbons (Fsp3) is 0.273. The first kappa shape index (κ1) is 13.1. The van der Waals surface area contributed by atoms with Gasteiger partial charge in [-0.15, -0.1) is 0 Å². The highest BCUT2D eigenvalue weighted by atomic mass is 16.1. The van der Waals surface area contributed by atoms with Crippen molar-refractivity contribution in [3.63, 3.8) is 0 Å². The van der Waals surface area contributed by atoms with Gasteiger partial charge in [-0.25, -0.2) is 5.43 Å². The summed E-state index contributed by atoms with van der Waals surface area (Å²) in [6.45, 7) is 10.4. The molecule has 0 rings (SSSR count). The van der Waals surface area contributed by atoms with Crippen molar-refractivity contribution in [2.24, 2.45) is 0 Å². The standard InChI is InChI=1S/C11H15N3O/c1-5-6-10(8(2)3)13-14-11(7-12)9(4)15/h5-6,11,13-14H,1-2H2,3-4H3/b10-6+. The summed E-state index contributed by atoms with van der Waals surface area (Å²) in [5.41, 5.74) is 6.81. The second kappa shape index (κ2) is 6.57. The van der Waals surface area contributed by atoms with E-state index in [1.165, 1.54) is 6.92 Å². The Morgan fingerprint density at radius 3 is 2.47 bits per heavy atom. The Morgan fingerprint density at radius 1 is 1.53 bits per heavy atom. The Bertz CT molecular complexity index is 336. The summed E-state index contributed by atoms with van der Waals surface area (Å²) in [5.74, 6) is -0.246. The molecule has 0 saturated heterocycles. The fourth-order valence-corrected chi connectivity index (χ4v) is 0.783. The number of nitriles is 1. The monoisotopic (exact) mass is 205 g/mol. The number of rotatable bonds is 6. The lowest BCUT2D eigenvalue weighted by molar-refractivity contribution is -0.117. The first-order valence-electron chi connectivity index (χ1n) is 4.43. The molecule has 0 aliphatic rings. The fourth-order valence-electron chi connectivity index (χ4n) is 0.783. The van der Waals surface area contributed by atoms with Crippen LogP contribution in [0.1, 0.15) is 13.8 Å². The molecule has 1 atom stereocenters. The van der Waals surface area contributed by atoms with Crippen molar-refractivity contribution in [1.82, 2.24) is 10.9 Å². The molecule has 0 heterocycles. The van der Waals surface area contributed by atoms with Crippen LogP contribution in [0.4, 0.5) is 0 Å². The SMILES string of the molecule is C=C/C=C(/NNC(C#N)C(C)=O)C(=C)C. The van der Waals surface area contributed by atoms with Gasteiger partial charge in [0.25, 0.3) is 0 Å². The maximum atomic E-state index is 10.9. The average Bonchev–Trinajstić information content (AvgIpc) is 2.16. The molecule has 0 aromatic heterocycles. The molecule has 0 spiro atoms. The van der Waals surface area contributed by atoms with Crippen LogP contribution in [0.25, 0.3) is 0 Å². The maximum Gasteiger partial charge on any atom is 0.171 e. The molecule has 2 N–H and O–H groups in total. The first-order valence-corrected chi connectivity index (χ1v) is 4.43. The predicted octanol–water partition coefficient (Wildman–Crippen LogP) is 1.21. The highest BCUT2D eigenvalue weighted by molar-refractivity contribution is 5.84. The second-order valence-electron chi connectivity index (χ2n) is 3.04. The summed E-state index contributed by atoms with van der Waals surface area (Å²) in [6.07, 6.45) is 3.29. The number of carbonyl (C=O) groups excluding carboxylic acids is 1. The van der Waals surface area contributed by atoms with Crippen molar-refractivity contribution >= 4 is 5.78 Å². The Labute approximate surface area is 89.9 Å². The molecule has 0 bridgehead atoms. The molecule has 0 saturated carbocycles. The molecule has 80 valence electrons. The van der Waals surface area contributed by atoms with E-state index in [1.807, 2.05) is 6.07 Å². The van der Waals surface area contributed by atoms with Gasteiger partial charge in [-0.2, -0.15) is 5.26 Å². The minimum Gasteiger partial charge on any atom is -0.320 e. The summed E-state index contributed by atoms with van der Waals surface area (Å²) in [5, 5.41) is 8.64. The summed E-state index contributed by atoms with van der Waals surface area (Å²) < 4.78 is 0. The van der Waals surface area contributed by atoms with Crippen molar-refractivity contribution in [2.75, 3.05) is 0 Å². The highest BCUT2D eigenvalue weighted by Gasteiger charge is 2.11. The topological polar surface area (TPSA) is 64.9 Å². The molecule has 0 aromatic carbocycles. The minimum atomic E-state index is -0.863. The van der Waals surface area contributed by atoms with Gasteiger partial charge in [-0.3, -0.25) is 4.79 Å². The molecule has 0 radical (unpaired) electrons. The van der Waals surface area contributed by atoms with Gasteiger partial charge in [0.2, 0.25) is 0 Å². The second-order valence-corrected chi connectivity index (χ2v) is 3.04. The van der Waals surface area contributed by atoms with Crippen LogP contribution in [-0.4, -0.2) is 11.8 Å². The Morgan fingerprint density at radius 2 is 2.13 bits per heavy atom. The van der Waals surface area contributed by atoms with Gasteiger partial charge in [0, 0.05) is 0 Å². The molecule has 0 aliphatic heterocycles. The number of nitrogens with one attached hydrogen (secondary N) is 2. The summed E-state index contributed by atoms with van der Waals surface area (Å²) in [6, 6.07) is 0.969. The van der Waals surface area contributed by atoms with Gasteiger partial charge in [-0.1, -0.05) is 19.2 Å². The van der Waals surface area contributed by atoms with Crippen LogP contribution in [-0.2, 0) is 4.79 Å². The lowest BCUT2D eigenvalue weighted by Gasteiger charge is -2.13. The van der Waals surface area contributed by atoms with Gasteiger partial charge >= 0.3 is 0 Å². The molecule has 4 nitrogen and oxygen atoms in total. The van der Waals surface area contributed by atoms with Crippen LogP contribution >= 0.6 is 0 Å². The Balaban J connectivity index is 4.41. The van der Waals surface area contributed by atoms with Crippen molar-refractivity contribution < 1.29 is 4.79 Å². The Hall–Kier alpha value is -1.86. The van der Waals surface area contributed by atoms with Crippen LogP contribution < -0.4 is 10.9 Å². The van der Waals surface area contributed by atoms with Crippen molar-refractivity contribution in [3.05, 3.63) is 36.6 Å². The van der Waals surface area contributed by atoms with Gasteiger partial charge < -0.3 is 5.43 Å². The van der Waals surface area contributed by atoms with Crippen molar-refractivity contribution in [1.29, 1.82) is 5.26 Å². The number of Topliss-reactive ketones (excluding diaryl/α,β-unsaturated/α-hetero) is 1. The van der Waals surface area contributed by atoms with Crippen LogP contribution in [0.15, 0.2) is 36.6 Å². The summed E-state index contributed by atoms with van der Waals surface area (Å²) >= 11 is 0. The molecule has 0 fully saturated rings. The van der Waals surface area contributed by atoms with E-state index in [4.69, 9.17) is 5.26 Å². The normalized spacial score (nSPS) is 12.5. The van der Waals surface area contributed by atoms with Crippen LogP contribution in [0, 0.1) is 11.3 Å². The zero-order valence-corrected chi connectivity index (χ0v) is 9.00. The quantitative estimate of drug-likeness (QED) is 0.505. The van der Waals surface area contributed by atoms with E-state index in [0.717, 1.165) is 5.57 Å². The van der Waals surface area contributed by atoms with Gasteiger partial charge in [0.1, 0.15) is 0 Å². The van der Waals surface area contributed by atoms with E-state index in [1.54, 1.807) is 19.1 Å². The van der Waals surface area contributed by atoms with Crippen molar-refractivity contribution in [3.8, 4) is 6.07 Å². The molecular formula is C11H15N3O. The zero-order chi connectivity index (χ0) is 11.8. The predicted molar refractivity (Wildman–Crippen MR) is 59.4 cm³/mol. The smallest absolute Gasteiger partial charge is 0.171 e. The van der Waals surface area contributed by atoms with Crippen LogP contribution in [0.3, 0.4) is 0 Å². The van der Waals surface area contributed by atoms with Crippen molar-refractivity contribution in [2.45, 2.75) is 19.9 Å². The number of hydrogen-bond donors (Lipinski definition) is 2. The summed E-state index contributed by atoms with van der Waals surface area (Å²) in [7, 11) is 0. The number of allylic oxidation sites excluding steroid dienone is 3. The molecule has 0 aromatic rings. The average molecular weight is 205 g/mol. The largest absolute Gasteiger partial charge is 0.320 e. The molecule has 0 amide bonds. The lowest BCUT2D eigenvalue weighted by atomic mass is 10.2. The van der Waals surface area contributed by atoms with Crippen LogP contribution in [0.2, 0.25) is 0 Å². The number of ketones is 1.